The fourth-order valence-corrected chi connectivity index (χ4v) is 8.45. The number of nitrogens with zero attached hydrogens (tertiary/aromatic N) is 7. The lowest BCUT2D eigenvalue weighted by Gasteiger charge is -2.20. The second-order valence-corrected chi connectivity index (χ2v) is 14.5. The van der Waals surface area contributed by atoms with Crippen molar-refractivity contribution in [3.63, 3.8) is 0 Å². The van der Waals surface area contributed by atoms with Crippen LogP contribution in [-0.4, -0.2) is 19.1 Å². The fourth-order valence-electron chi connectivity index (χ4n) is 8.45. The van der Waals surface area contributed by atoms with Crippen LogP contribution in [0.25, 0.3) is 88.6 Å². The van der Waals surface area contributed by atoms with Gasteiger partial charge in [-0.1, -0.05) is 84.9 Å². The van der Waals surface area contributed by atoms with Gasteiger partial charge in [-0.3, -0.25) is 0 Å². The molecule has 0 saturated carbocycles. The number of aromatic nitrogens is 4. The molecule has 0 radical (unpaired) electrons. The smallest absolute Gasteiger partial charge is 0.163 e. The first-order valence-corrected chi connectivity index (χ1v) is 18.9. The molecule has 7 heteroatoms. The first-order valence-electron chi connectivity index (χ1n) is 18.9. The molecule has 0 aliphatic heterocycles. The minimum atomic E-state index is 0.478. The SMILES string of the molecule is Cc1cc(C)nc(-c2c(-n3c4ccccc4c4ccc(-c5cccc(C#N)c5)cc43)cc(C#N)cc2-n2c3ccccc3c3ccc(-c4cccc(C#N)c4)cc32)n1. The van der Waals surface area contributed by atoms with E-state index < -0.39 is 0 Å². The summed E-state index contributed by atoms with van der Waals surface area (Å²) in [5.41, 5.74) is 13.2. The first kappa shape index (κ1) is 34.2. The summed E-state index contributed by atoms with van der Waals surface area (Å²) in [6.45, 7) is 3.96. The summed E-state index contributed by atoms with van der Waals surface area (Å²) >= 11 is 0. The van der Waals surface area contributed by atoms with Crippen LogP contribution in [0, 0.1) is 47.8 Å². The van der Waals surface area contributed by atoms with E-state index in [-0.39, 0.29) is 0 Å². The van der Waals surface area contributed by atoms with E-state index in [9.17, 15) is 15.8 Å². The van der Waals surface area contributed by atoms with E-state index in [1.807, 2.05) is 105 Å². The van der Waals surface area contributed by atoms with Gasteiger partial charge in [0.1, 0.15) is 0 Å². The standard InChI is InChI=1S/C51H31N7/c1-31-21-32(2)56-51(55-31)50-48(57-44-15-5-3-13-40(44)42-19-17-38(26-46(42)57)36-11-7-9-33(22-36)28-52)24-35(30-54)25-49(50)58-45-16-6-4-14-41(45)43-20-18-39(27-47(43)58)37-12-8-10-34(23-37)29-53/h3-27H,1-2H3. The van der Waals surface area contributed by atoms with Gasteiger partial charge in [-0.05, 0) is 103 Å². The molecule has 0 atom stereocenters. The molecule has 3 aromatic heterocycles. The van der Waals surface area contributed by atoms with Gasteiger partial charge in [0.15, 0.2) is 5.82 Å². The topological polar surface area (TPSA) is 107 Å². The molecule has 0 aliphatic rings. The van der Waals surface area contributed by atoms with Crippen LogP contribution < -0.4 is 0 Å². The van der Waals surface area contributed by atoms with Crippen molar-refractivity contribution in [3.8, 4) is 63.2 Å². The second kappa shape index (κ2) is 13.5. The number of nitriles is 3. The zero-order valence-corrected chi connectivity index (χ0v) is 31.6. The maximum Gasteiger partial charge on any atom is 0.163 e. The highest BCUT2D eigenvalue weighted by Crippen LogP contribution is 2.43. The lowest BCUT2D eigenvalue weighted by molar-refractivity contribution is 1.04. The molecule has 10 rings (SSSR count). The predicted molar refractivity (Wildman–Crippen MR) is 231 cm³/mol. The summed E-state index contributed by atoms with van der Waals surface area (Å²) in [5, 5.41) is 34.5. The molecule has 58 heavy (non-hydrogen) atoms. The highest BCUT2D eigenvalue weighted by Gasteiger charge is 2.25. The van der Waals surface area contributed by atoms with Gasteiger partial charge < -0.3 is 9.13 Å². The molecular weight excluding hydrogens is 711 g/mol. The number of hydrogen-bond donors (Lipinski definition) is 0. The molecule has 0 bridgehead atoms. The molecule has 7 aromatic carbocycles. The van der Waals surface area contributed by atoms with Gasteiger partial charge in [0.05, 0.1) is 73.9 Å². The molecule has 0 spiro atoms. The van der Waals surface area contributed by atoms with E-state index in [1.165, 1.54) is 0 Å². The van der Waals surface area contributed by atoms with Crippen molar-refractivity contribution in [1.82, 2.24) is 19.1 Å². The minimum Gasteiger partial charge on any atom is -0.308 e. The van der Waals surface area contributed by atoms with E-state index in [2.05, 4.69) is 88.0 Å². The van der Waals surface area contributed by atoms with Crippen molar-refractivity contribution < 1.29 is 0 Å². The molecule has 0 amide bonds. The molecule has 0 aliphatic carbocycles. The molecule has 7 nitrogen and oxygen atoms in total. The van der Waals surface area contributed by atoms with E-state index in [1.54, 1.807) is 0 Å². The molecule has 0 fully saturated rings. The Bertz CT molecular complexity index is 3260. The summed E-state index contributed by atoms with van der Waals surface area (Å²) in [7, 11) is 0. The molecule has 270 valence electrons. The van der Waals surface area contributed by atoms with Crippen LogP contribution in [0.15, 0.2) is 152 Å². The third-order valence-electron chi connectivity index (χ3n) is 10.9. The van der Waals surface area contributed by atoms with Gasteiger partial charge in [-0.25, -0.2) is 9.97 Å². The average Bonchev–Trinajstić information content (AvgIpc) is 3.77. The molecule has 0 unspecified atom stereocenters. The zero-order chi connectivity index (χ0) is 39.5. The van der Waals surface area contributed by atoms with Crippen LogP contribution in [0.5, 0.6) is 0 Å². The van der Waals surface area contributed by atoms with Gasteiger partial charge in [-0.2, -0.15) is 15.8 Å². The summed E-state index contributed by atoms with van der Waals surface area (Å²) < 4.78 is 4.46. The minimum absolute atomic E-state index is 0.478. The highest BCUT2D eigenvalue weighted by atomic mass is 15.0. The van der Waals surface area contributed by atoms with Gasteiger partial charge in [0.25, 0.3) is 0 Å². The molecule has 3 heterocycles. The van der Waals surface area contributed by atoms with E-state index in [4.69, 9.17) is 9.97 Å². The van der Waals surface area contributed by atoms with Crippen molar-refractivity contribution >= 4 is 43.6 Å². The average molecular weight is 742 g/mol. The molecule has 0 saturated heterocycles. The summed E-state index contributed by atoms with van der Waals surface area (Å²) in [6.07, 6.45) is 0. The third-order valence-corrected chi connectivity index (χ3v) is 10.9. The fraction of sp³-hybridized carbons (Fsp3) is 0.0392. The predicted octanol–water partition coefficient (Wildman–Crippen LogP) is 11.9. The van der Waals surface area contributed by atoms with Crippen molar-refractivity contribution in [2.75, 3.05) is 0 Å². The largest absolute Gasteiger partial charge is 0.308 e. The number of para-hydroxylation sites is 2. The van der Waals surface area contributed by atoms with Crippen molar-refractivity contribution in [2.24, 2.45) is 0 Å². The van der Waals surface area contributed by atoms with Crippen LogP contribution in [-0.2, 0) is 0 Å². The lowest BCUT2D eigenvalue weighted by atomic mass is 10.0. The van der Waals surface area contributed by atoms with E-state index in [0.717, 1.165) is 94.2 Å². The number of rotatable bonds is 5. The van der Waals surface area contributed by atoms with E-state index >= 15 is 0 Å². The van der Waals surface area contributed by atoms with Crippen molar-refractivity contribution in [3.05, 3.63) is 180 Å². The Kier molecular flexibility index (Phi) is 7.94. The monoisotopic (exact) mass is 741 g/mol. The number of aryl methyl sites for hydroxylation is 2. The lowest BCUT2D eigenvalue weighted by Crippen LogP contribution is -2.07. The Morgan fingerprint density at radius 1 is 0.397 bits per heavy atom. The quantitative estimate of drug-likeness (QED) is 0.174. The van der Waals surface area contributed by atoms with Crippen LogP contribution in [0.1, 0.15) is 28.1 Å². The summed E-state index contributed by atoms with van der Waals surface area (Å²) in [4.78, 5) is 10.2. The Labute approximate surface area is 334 Å². The Morgan fingerprint density at radius 2 is 0.828 bits per heavy atom. The van der Waals surface area contributed by atoms with E-state index in [0.29, 0.717) is 22.5 Å². The van der Waals surface area contributed by atoms with Gasteiger partial charge in [-0.15, -0.1) is 0 Å². The van der Waals surface area contributed by atoms with Crippen LogP contribution >= 0.6 is 0 Å². The summed E-state index contributed by atoms with van der Waals surface area (Å²) in [5.74, 6) is 0.541. The third kappa shape index (κ3) is 5.48. The molecule has 0 N–H and O–H groups in total. The number of fused-ring (bicyclic) bond motifs is 6. The maximum absolute atomic E-state index is 10.8. The van der Waals surface area contributed by atoms with Gasteiger partial charge in [0, 0.05) is 32.9 Å². The zero-order valence-electron chi connectivity index (χ0n) is 31.6. The van der Waals surface area contributed by atoms with Crippen molar-refractivity contribution in [1.29, 1.82) is 15.8 Å². The Hall–Kier alpha value is -8.31. The molecular formula is C51H31N7. The second-order valence-electron chi connectivity index (χ2n) is 14.5. The Balaban J connectivity index is 1.36. The van der Waals surface area contributed by atoms with Crippen LogP contribution in [0.4, 0.5) is 0 Å². The Morgan fingerprint density at radius 3 is 1.29 bits per heavy atom. The van der Waals surface area contributed by atoms with Crippen LogP contribution in [0.3, 0.4) is 0 Å². The normalized spacial score (nSPS) is 11.2. The number of benzene rings is 7. The highest BCUT2D eigenvalue weighted by molar-refractivity contribution is 6.13. The van der Waals surface area contributed by atoms with Crippen molar-refractivity contribution in [2.45, 2.75) is 13.8 Å². The first-order chi connectivity index (χ1) is 28.4. The van der Waals surface area contributed by atoms with Gasteiger partial charge >= 0.3 is 0 Å². The maximum atomic E-state index is 10.8. The summed E-state index contributed by atoms with van der Waals surface area (Å²) in [6, 6.07) is 57.6. The number of hydrogen-bond acceptors (Lipinski definition) is 5. The van der Waals surface area contributed by atoms with Crippen LogP contribution in [0.2, 0.25) is 0 Å². The molecule has 10 aromatic rings. The van der Waals surface area contributed by atoms with Gasteiger partial charge in [0.2, 0.25) is 0 Å².